The molecule has 0 spiro atoms. The summed E-state index contributed by atoms with van der Waals surface area (Å²) in [7, 11) is 1.32. The van der Waals surface area contributed by atoms with Crippen molar-refractivity contribution in [1.82, 2.24) is 0 Å². The summed E-state index contributed by atoms with van der Waals surface area (Å²) < 4.78 is 10.0. The van der Waals surface area contributed by atoms with Crippen molar-refractivity contribution >= 4 is 17.3 Å². The number of benzene rings is 1. The quantitative estimate of drug-likeness (QED) is 0.471. The summed E-state index contributed by atoms with van der Waals surface area (Å²) in [6, 6.07) is 4.91. The SMILES string of the molecule is COC(=O)C1CN(c2ccc([N+](=O)[O-])c(C)c2)CCO1. The number of aryl methyl sites for hydroxylation is 1. The highest BCUT2D eigenvalue weighted by atomic mass is 16.6. The number of rotatable bonds is 3. The molecule has 0 N–H and O–H groups in total. The maximum Gasteiger partial charge on any atom is 0.336 e. The third-order valence-electron chi connectivity index (χ3n) is 3.27. The lowest BCUT2D eigenvalue weighted by atomic mass is 10.1. The predicted octanol–water partition coefficient (Wildman–Crippen LogP) is 1.28. The van der Waals surface area contributed by atoms with Crippen LogP contribution >= 0.6 is 0 Å². The molecule has 7 nitrogen and oxygen atoms in total. The van der Waals surface area contributed by atoms with Gasteiger partial charge >= 0.3 is 5.97 Å². The number of carbonyl (C=O) groups is 1. The van der Waals surface area contributed by atoms with Gasteiger partial charge in [-0.1, -0.05) is 0 Å². The number of nitrogens with zero attached hydrogens (tertiary/aromatic N) is 2. The van der Waals surface area contributed by atoms with E-state index in [0.717, 1.165) is 5.69 Å². The minimum absolute atomic E-state index is 0.0894. The Kier molecular flexibility index (Phi) is 4.19. The van der Waals surface area contributed by atoms with Gasteiger partial charge in [0.25, 0.3) is 5.69 Å². The second kappa shape index (κ2) is 5.87. The van der Waals surface area contributed by atoms with Crippen LogP contribution < -0.4 is 4.90 Å². The predicted molar refractivity (Wildman–Crippen MR) is 71.8 cm³/mol. The number of morpholine rings is 1. The Hall–Kier alpha value is -2.15. The highest BCUT2D eigenvalue weighted by Crippen LogP contribution is 2.25. The topological polar surface area (TPSA) is 81.9 Å². The van der Waals surface area contributed by atoms with Gasteiger partial charge in [0.15, 0.2) is 6.10 Å². The third kappa shape index (κ3) is 2.88. The van der Waals surface area contributed by atoms with Crippen molar-refractivity contribution in [1.29, 1.82) is 0 Å². The number of nitro benzene ring substituents is 1. The number of carbonyl (C=O) groups excluding carboxylic acids is 1. The Morgan fingerprint density at radius 3 is 2.90 bits per heavy atom. The Morgan fingerprint density at radius 1 is 1.55 bits per heavy atom. The fraction of sp³-hybridized carbons (Fsp3) is 0.462. The van der Waals surface area contributed by atoms with E-state index in [1.807, 2.05) is 4.90 Å². The number of hydrogen-bond acceptors (Lipinski definition) is 6. The monoisotopic (exact) mass is 280 g/mol. The van der Waals surface area contributed by atoms with Gasteiger partial charge in [-0.15, -0.1) is 0 Å². The molecule has 1 aliphatic rings. The lowest BCUT2D eigenvalue weighted by Crippen LogP contribution is -2.46. The van der Waals surface area contributed by atoms with Gasteiger partial charge in [-0.25, -0.2) is 4.79 Å². The van der Waals surface area contributed by atoms with Gasteiger partial charge in [-0.2, -0.15) is 0 Å². The molecule has 0 bridgehead atoms. The van der Waals surface area contributed by atoms with Gasteiger partial charge in [-0.05, 0) is 19.1 Å². The van der Waals surface area contributed by atoms with Crippen LogP contribution in [0.5, 0.6) is 0 Å². The summed E-state index contributed by atoms with van der Waals surface area (Å²) in [4.78, 5) is 23.8. The van der Waals surface area contributed by atoms with Crippen LogP contribution in [0.15, 0.2) is 18.2 Å². The molecule has 0 aromatic heterocycles. The number of ether oxygens (including phenoxy) is 2. The smallest absolute Gasteiger partial charge is 0.336 e. The van der Waals surface area contributed by atoms with E-state index in [-0.39, 0.29) is 5.69 Å². The van der Waals surface area contributed by atoms with Gasteiger partial charge in [0.1, 0.15) is 0 Å². The van der Waals surface area contributed by atoms with Crippen LogP contribution in [0.25, 0.3) is 0 Å². The fourth-order valence-corrected chi connectivity index (χ4v) is 2.20. The first-order chi connectivity index (χ1) is 9.52. The van der Waals surface area contributed by atoms with Crippen molar-refractivity contribution in [2.45, 2.75) is 13.0 Å². The fourth-order valence-electron chi connectivity index (χ4n) is 2.20. The van der Waals surface area contributed by atoms with Crippen LogP contribution in [-0.2, 0) is 14.3 Å². The van der Waals surface area contributed by atoms with Crippen molar-refractivity contribution in [3.63, 3.8) is 0 Å². The number of hydrogen-bond donors (Lipinski definition) is 0. The molecule has 1 aromatic rings. The number of methoxy groups -OCH3 is 1. The third-order valence-corrected chi connectivity index (χ3v) is 3.27. The second-order valence-electron chi connectivity index (χ2n) is 4.56. The van der Waals surface area contributed by atoms with E-state index in [2.05, 4.69) is 4.74 Å². The molecule has 108 valence electrons. The maximum atomic E-state index is 11.5. The van der Waals surface area contributed by atoms with E-state index < -0.39 is 17.0 Å². The van der Waals surface area contributed by atoms with E-state index in [9.17, 15) is 14.9 Å². The van der Waals surface area contributed by atoms with Crippen LogP contribution in [0.1, 0.15) is 5.56 Å². The Balaban J connectivity index is 2.17. The summed E-state index contributed by atoms with van der Waals surface area (Å²) in [6.07, 6.45) is -0.621. The molecule has 1 atom stereocenters. The molecule has 1 saturated heterocycles. The summed E-state index contributed by atoms with van der Waals surface area (Å²) in [5.74, 6) is -0.409. The minimum atomic E-state index is -0.621. The van der Waals surface area contributed by atoms with E-state index in [1.165, 1.54) is 13.2 Å². The first kappa shape index (κ1) is 14.3. The summed E-state index contributed by atoms with van der Waals surface area (Å²) in [5.41, 5.74) is 1.52. The summed E-state index contributed by atoms with van der Waals surface area (Å²) in [5, 5.41) is 10.8. The zero-order chi connectivity index (χ0) is 14.7. The van der Waals surface area contributed by atoms with Gasteiger partial charge in [0.05, 0.1) is 25.2 Å². The number of nitro groups is 1. The molecule has 7 heteroatoms. The number of anilines is 1. The standard InChI is InChI=1S/C13H16N2O5/c1-9-7-10(3-4-11(9)15(17)18)14-5-6-20-12(8-14)13(16)19-2/h3-4,7,12H,5-6,8H2,1-2H3. The van der Waals surface area contributed by atoms with Gasteiger partial charge in [0, 0.05) is 23.9 Å². The van der Waals surface area contributed by atoms with Crippen molar-refractivity contribution in [2.24, 2.45) is 0 Å². The molecule has 0 amide bonds. The Labute approximate surface area is 116 Å². The van der Waals surface area contributed by atoms with Crippen LogP contribution in [0.3, 0.4) is 0 Å². The van der Waals surface area contributed by atoms with Crippen molar-refractivity contribution < 1.29 is 19.2 Å². The maximum absolute atomic E-state index is 11.5. The molecule has 1 aromatic carbocycles. The molecular formula is C13H16N2O5. The molecule has 1 heterocycles. The highest BCUT2D eigenvalue weighted by molar-refractivity contribution is 5.75. The summed E-state index contributed by atoms with van der Waals surface area (Å²) in [6.45, 7) is 3.12. The Bertz CT molecular complexity index is 531. The van der Waals surface area contributed by atoms with Gasteiger partial charge in [-0.3, -0.25) is 10.1 Å². The van der Waals surface area contributed by atoms with E-state index in [1.54, 1.807) is 19.1 Å². The van der Waals surface area contributed by atoms with E-state index in [4.69, 9.17) is 4.74 Å². The van der Waals surface area contributed by atoms with Crippen LogP contribution in [0.4, 0.5) is 11.4 Å². The average molecular weight is 280 g/mol. The molecule has 20 heavy (non-hydrogen) atoms. The van der Waals surface area contributed by atoms with Crippen LogP contribution in [0, 0.1) is 17.0 Å². The van der Waals surface area contributed by atoms with Crippen molar-refractivity contribution in [3.05, 3.63) is 33.9 Å². The zero-order valence-electron chi connectivity index (χ0n) is 11.4. The molecule has 1 fully saturated rings. The molecule has 0 radical (unpaired) electrons. The first-order valence-electron chi connectivity index (χ1n) is 6.22. The minimum Gasteiger partial charge on any atom is -0.467 e. The first-order valence-corrected chi connectivity index (χ1v) is 6.22. The molecule has 1 unspecified atom stereocenters. The van der Waals surface area contributed by atoms with E-state index in [0.29, 0.717) is 25.3 Å². The molecule has 0 aliphatic carbocycles. The average Bonchev–Trinajstić information content (AvgIpc) is 2.46. The lowest BCUT2D eigenvalue weighted by molar-refractivity contribution is -0.385. The number of esters is 1. The van der Waals surface area contributed by atoms with Gasteiger partial charge < -0.3 is 14.4 Å². The van der Waals surface area contributed by atoms with Crippen molar-refractivity contribution in [2.75, 3.05) is 31.7 Å². The molecule has 0 saturated carbocycles. The zero-order valence-corrected chi connectivity index (χ0v) is 11.4. The normalized spacial score (nSPS) is 18.7. The summed E-state index contributed by atoms with van der Waals surface area (Å²) >= 11 is 0. The molecule has 2 rings (SSSR count). The van der Waals surface area contributed by atoms with Crippen LogP contribution in [-0.4, -0.2) is 43.8 Å². The van der Waals surface area contributed by atoms with E-state index >= 15 is 0 Å². The molecule has 1 aliphatic heterocycles. The van der Waals surface area contributed by atoms with Gasteiger partial charge in [0.2, 0.25) is 0 Å². The van der Waals surface area contributed by atoms with Crippen LogP contribution in [0.2, 0.25) is 0 Å². The molecular weight excluding hydrogens is 264 g/mol. The lowest BCUT2D eigenvalue weighted by Gasteiger charge is -2.33. The van der Waals surface area contributed by atoms with Crippen molar-refractivity contribution in [3.8, 4) is 0 Å². The Morgan fingerprint density at radius 2 is 2.30 bits per heavy atom. The second-order valence-corrected chi connectivity index (χ2v) is 4.56. The largest absolute Gasteiger partial charge is 0.467 e. The highest BCUT2D eigenvalue weighted by Gasteiger charge is 2.28.